The molecule has 17 aromatic carbocycles. The van der Waals surface area contributed by atoms with Crippen LogP contribution in [0, 0.1) is 0 Å². The zero-order chi connectivity index (χ0) is 69.5. The van der Waals surface area contributed by atoms with Gasteiger partial charge in [-0.05, 0) is 170 Å². The summed E-state index contributed by atoms with van der Waals surface area (Å²) in [7, 11) is 0. The summed E-state index contributed by atoms with van der Waals surface area (Å²) in [5.41, 5.74) is 18.3. The SMILES string of the molecule is c1ccc(-n2c3ccccc3c3cc(-c4nc(-c5ccc(-n6c7ccc8ccccc8c7c7c8ccccc8ccc76)cc5)nc5ccccc45)ccc32)cc1.c1ccc2c(c1)ccc1c2c2c3ccccc3ccc2n1-c1ccc(-c2nc(-c3ccc4c(c3)sc3ccccc34)c3ccccc3n2)cc1. The first-order valence-corrected chi connectivity index (χ1v) is 36.8. The largest absolute Gasteiger partial charge is 0.309 e. The van der Waals surface area contributed by atoms with Crippen molar-refractivity contribution in [2.45, 2.75) is 0 Å². The topological polar surface area (TPSA) is 66.3 Å². The first kappa shape index (κ1) is 59.7. The number of hydrogen-bond acceptors (Lipinski definition) is 5. The number of rotatable bonds is 7. The van der Waals surface area contributed by atoms with Gasteiger partial charge >= 0.3 is 0 Å². The second kappa shape index (κ2) is 23.8. The lowest BCUT2D eigenvalue weighted by atomic mass is 10.00. The van der Waals surface area contributed by atoms with Crippen LogP contribution >= 0.6 is 11.3 Å². The maximum Gasteiger partial charge on any atom is 0.160 e. The smallest absolute Gasteiger partial charge is 0.160 e. The fourth-order valence-corrected chi connectivity index (χ4v) is 18.0. The molecule has 0 unspecified atom stereocenters. The summed E-state index contributed by atoms with van der Waals surface area (Å²) in [4.78, 5) is 20.8. The zero-order valence-corrected chi connectivity index (χ0v) is 57.9. The van der Waals surface area contributed by atoms with Gasteiger partial charge in [-0.25, -0.2) is 19.9 Å². The van der Waals surface area contributed by atoms with Crippen molar-refractivity contribution in [3.8, 4) is 62.4 Å². The third-order valence-electron chi connectivity index (χ3n) is 21.7. The van der Waals surface area contributed by atoms with E-state index < -0.39 is 0 Å². The van der Waals surface area contributed by atoms with Gasteiger partial charge < -0.3 is 13.7 Å². The first-order valence-electron chi connectivity index (χ1n) is 36.0. The van der Waals surface area contributed by atoms with E-state index in [1.807, 2.05) is 11.3 Å². The van der Waals surface area contributed by atoms with Crippen molar-refractivity contribution in [3.05, 3.63) is 358 Å². The molecule has 0 aliphatic heterocycles. The van der Waals surface area contributed by atoms with Crippen molar-refractivity contribution >= 4 is 162 Å². The van der Waals surface area contributed by atoms with Gasteiger partial charge in [-0.3, -0.25) is 0 Å². The van der Waals surface area contributed by atoms with Crippen molar-refractivity contribution in [2.75, 3.05) is 0 Å². The van der Waals surface area contributed by atoms with Gasteiger partial charge in [0.25, 0.3) is 0 Å². The van der Waals surface area contributed by atoms with Gasteiger partial charge in [0.1, 0.15) is 0 Å². The highest BCUT2D eigenvalue weighted by molar-refractivity contribution is 7.25. The molecule has 0 radical (unpaired) electrons. The minimum Gasteiger partial charge on any atom is -0.309 e. The van der Waals surface area contributed by atoms with Gasteiger partial charge in [0.15, 0.2) is 11.6 Å². The van der Waals surface area contributed by atoms with Crippen LogP contribution in [0.25, 0.3) is 213 Å². The van der Waals surface area contributed by atoms with Gasteiger partial charge in [-0.2, -0.15) is 0 Å². The van der Waals surface area contributed by atoms with Crippen molar-refractivity contribution in [2.24, 2.45) is 0 Å². The fourth-order valence-electron chi connectivity index (χ4n) is 16.9. The number of nitrogens with zero attached hydrogens (tertiary/aromatic N) is 7. The van der Waals surface area contributed by atoms with Crippen molar-refractivity contribution in [1.82, 2.24) is 33.6 Å². The number of para-hydroxylation sites is 4. The Kier molecular flexibility index (Phi) is 13.4. The van der Waals surface area contributed by atoms with Crippen LogP contribution in [0.4, 0.5) is 0 Å². The third kappa shape index (κ3) is 9.38. The van der Waals surface area contributed by atoms with E-state index in [1.165, 1.54) is 129 Å². The fraction of sp³-hybridized carbons (Fsp3) is 0. The molecule has 0 spiro atoms. The molecule has 0 saturated carbocycles. The zero-order valence-electron chi connectivity index (χ0n) is 57.1. The van der Waals surface area contributed by atoms with Crippen LogP contribution in [0.2, 0.25) is 0 Å². The molecule has 0 aliphatic carbocycles. The average molecular weight is 1370 g/mol. The molecule has 0 atom stereocenters. The molecule has 0 fully saturated rings. The molecular weight excluding hydrogens is 1310 g/mol. The van der Waals surface area contributed by atoms with Crippen LogP contribution in [-0.4, -0.2) is 33.6 Å². The summed E-state index contributed by atoms with van der Waals surface area (Å²) in [6.07, 6.45) is 0. The highest BCUT2D eigenvalue weighted by Gasteiger charge is 2.23. The molecule has 0 aliphatic rings. The Labute approximate surface area is 611 Å². The summed E-state index contributed by atoms with van der Waals surface area (Å²) in [6.45, 7) is 0. The summed E-state index contributed by atoms with van der Waals surface area (Å²) < 4.78 is 9.73. The summed E-state index contributed by atoms with van der Waals surface area (Å²) in [6, 6.07) is 128. The van der Waals surface area contributed by atoms with Gasteiger partial charge in [0.2, 0.25) is 0 Å². The van der Waals surface area contributed by atoms with E-state index in [0.29, 0.717) is 5.82 Å². The second-order valence-corrected chi connectivity index (χ2v) is 28.6. The first-order chi connectivity index (χ1) is 52.6. The Hall–Kier alpha value is -13.9. The normalized spacial score (nSPS) is 12.0. The van der Waals surface area contributed by atoms with Gasteiger partial charge in [-0.1, -0.05) is 231 Å². The molecule has 23 rings (SSSR count). The van der Waals surface area contributed by atoms with Crippen LogP contribution in [0.3, 0.4) is 0 Å². The van der Waals surface area contributed by atoms with Crippen molar-refractivity contribution in [3.63, 3.8) is 0 Å². The lowest BCUT2D eigenvalue weighted by molar-refractivity contribution is 1.17. The van der Waals surface area contributed by atoms with E-state index in [-0.39, 0.29) is 0 Å². The van der Waals surface area contributed by atoms with Gasteiger partial charge in [-0.15, -0.1) is 11.3 Å². The number of benzene rings is 17. The quantitative estimate of drug-likeness (QED) is 0.159. The number of hydrogen-bond donors (Lipinski definition) is 0. The van der Waals surface area contributed by atoms with E-state index in [2.05, 4.69) is 372 Å². The molecule has 6 aromatic heterocycles. The van der Waals surface area contributed by atoms with Gasteiger partial charge in [0.05, 0.1) is 55.5 Å². The van der Waals surface area contributed by atoms with Crippen LogP contribution in [0.1, 0.15) is 0 Å². The Morgan fingerprint density at radius 1 is 0.198 bits per heavy atom. The van der Waals surface area contributed by atoms with Crippen LogP contribution in [0.5, 0.6) is 0 Å². The van der Waals surface area contributed by atoms with Crippen molar-refractivity contribution < 1.29 is 0 Å². The molecule has 23 aromatic rings. The molecule has 0 N–H and O–H groups in total. The second-order valence-electron chi connectivity index (χ2n) is 27.5. The Morgan fingerprint density at radius 2 is 0.538 bits per heavy atom. The predicted molar refractivity (Wildman–Crippen MR) is 447 cm³/mol. The lowest BCUT2D eigenvalue weighted by Gasteiger charge is -2.12. The molecule has 0 saturated heterocycles. The van der Waals surface area contributed by atoms with Crippen LogP contribution in [-0.2, 0) is 0 Å². The minimum atomic E-state index is 0.705. The van der Waals surface area contributed by atoms with E-state index in [4.69, 9.17) is 19.9 Å². The molecule has 492 valence electrons. The van der Waals surface area contributed by atoms with Crippen LogP contribution in [0.15, 0.2) is 358 Å². The highest BCUT2D eigenvalue weighted by atomic mass is 32.1. The Bertz CT molecular complexity index is 7390. The standard InChI is InChI=1S/C52H32N4.C46H27N3S/c1-2-14-37(15-3-1)55-45-21-11-9-18-41(45)43-32-36(26-29-46(43)55)51-42-19-8-10-20-44(42)53-52(54-51)35-22-27-38(28-23-35)56-47-30-24-33-12-4-6-16-39(33)49(47)50-40-17-7-5-13-34(40)25-31-48(50)56;1-3-11-33-28(9-1)20-25-39-43(33)44-34-12-4-2-10-29(34)21-26-40(44)49(39)32-22-17-30(18-23-32)46-47-38-15-7-5-14-37(38)45(48-46)31-19-24-36-35-13-6-8-16-41(35)50-42(36)27-31/h1-32H;1-27H. The highest BCUT2D eigenvalue weighted by Crippen LogP contribution is 2.45. The maximum absolute atomic E-state index is 5.33. The molecule has 6 heterocycles. The molecular formula is C98H59N7S. The minimum absolute atomic E-state index is 0.705. The van der Waals surface area contributed by atoms with E-state index in [9.17, 15) is 0 Å². The molecule has 8 heteroatoms. The van der Waals surface area contributed by atoms with Crippen LogP contribution < -0.4 is 0 Å². The predicted octanol–water partition coefficient (Wildman–Crippen LogP) is 26.2. The van der Waals surface area contributed by atoms with Gasteiger partial charge in [0, 0.05) is 103 Å². The number of thiophene rings is 1. The van der Waals surface area contributed by atoms with E-state index in [0.717, 1.165) is 78.3 Å². The Morgan fingerprint density at radius 3 is 1.03 bits per heavy atom. The number of aromatic nitrogens is 7. The monoisotopic (exact) mass is 1370 g/mol. The Balaban J connectivity index is 0.000000133. The van der Waals surface area contributed by atoms with E-state index >= 15 is 0 Å². The molecule has 0 amide bonds. The maximum atomic E-state index is 5.33. The summed E-state index contributed by atoms with van der Waals surface area (Å²) in [5.74, 6) is 1.43. The summed E-state index contributed by atoms with van der Waals surface area (Å²) >= 11 is 1.83. The molecule has 0 bridgehead atoms. The van der Waals surface area contributed by atoms with E-state index in [1.54, 1.807) is 0 Å². The molecule has 106 heavy (non-hydrogen) atoms. The lowest BCUT2D eigenvalue weighted by Crippen LogP contribution is -1.97. The molecule has 7 nitrogen and oxygen atoms in total. The van der Waals surface area contributed by atoms with Crippen molar-refractivity contribution in [1.29, 1.82) is 0 Å². The average Bonchev–Trinajstić information content (AvgIpc) is 1.57. The third-order valence-corrected chi connectivity index (χ3v) is 22.8. The number of fused-ring (bicyclic) bond motifs is 22. The summed E-state index contributed by atoms with van der Waals surface area (Å²) in [5, 5.41) is 22.3.